The van der Waals surface area contributed by atoms with E-state index in [-0.39, 0.29) is 6.42 Å². The van der Waals surface area contributed by atoms with Gasteiger partial charge in [0.15, 0.2) is 0 Å². The Morgan fingerprint density at radius 3 is 3.07 bits per heavy atom. The van der Waals surface area contributed by atoms with Crippen LogP contribution in [-0.4, -0.2) is 29.2 Å². The molecule has 1 atom stereocenters. The number of carboxylic acids is 1. The van der Waals surface area contributed by atoms with Gasteiger partial charge in [-0.15, -0.1) is 0 Å². The predicted molar refractivity (Wildman–Crippen MR) is 50.1 cm³/mol. The summed E-state index contributed by atoms with van der Waals surface area (Å²) in [6.07, 6.45) is 1.83. The summed E-state index contributed by atoms with van der Waals surface area (Å²) in [4.78, 5) is 14.4. The molecule has 5 nitrogen and oxygen atoms in total. The number of methoxy groups -OCH3 is 1. The first-order valence-corrected chi connectivity index (χ1v) is 4.11. The highest BCUT2D eigenvalue weighted by Crippen LogP contribution is 2.09. The molecule has 1 heterocycles. The van der Waals surface area contributed by atoms with Gasteiger partial charge in [-0.2, -0.15) is 0 Å². The van der Waals surface area contributed by atoms with Crippen molar-refractivity contribution in [2.24, 2.45) is 5.73 Å². The average molecular weight is 196 g/mol. The van der Waals surface area contributed by atoms with Crippen LogP contribution in [0.2, 0.25) is 0 Å². The largest absolute Gasteiger partial charge is 0.481 e. The molecule has 0 fully saturated rings. The topological polar surface area (TPSA) is 85.4 Å². The summed E-state index contributed by atoms with van der Waals surface area (Å²) >= 11 is 0. The van der Waals surface area contributed by atoms with Crippen molar-refractivity contribution in [3.63, 3.8) is 0 Å². The SMILES string of the molecule is COc1cc(CC(N)C(=O)O)ccn1. The van der Waals surface area contributed by atoms with Gasteiger partial charge in [0.2, 0.25) is 5.88 Å². The van der Waals surface area contributed by atoms with E-state index in [0.29, 0.717) is 5.88 Å². The average Bonchev–Trinajstić information content (AvgIpc) is 2.18. The van der Waals surface area contributed by atoms with Gasteiger partial charge < -0.3 is 15.6 Å². The second kappa shape index (κ2) is 4.57. The van der Waals surface area contributed by atoms with Crippen LogP contribution in [0, 0.1) is 0 Å². The van der Waals surface area contributed by atoms with Crippen molar-refractivity contribution in [1.29, 1.82) is 0 Å². The molecule has 0 aliphatic heterocycles. The molecule has 0 radical (unpaired) electrons. The first-order chi connectivity index (χ1) is 6.63. The number of carbonyl (C=O) groups is 1. The highest BCUT2D eigenvalue weighted by Gasteiger charge is 2.12. The minimum absolute atomic E-state index is 0.272. The third-order valence-corrected chi connectivity index (χ3v) is 1.78. The van der Waals surface area contributed by atoms with E-state index in [4.69, 9.17) is 15.6 Å². The molecule has 0 aliphatic carbocycles. The highest BCUT2D eigenvalue weighted by molar-refractivity contribution is 5.73. The molecule has 1 unspecified atom stereocenters. The number of ether oxygens (including phenoxy) is 1. The van der Waals surface area contributed by atoms with Crippen molar-refractivity contribution in [3.8, 4) is 5.88 Å². The van der Waals surface area contributed by atoms with Crippen LogP contribution in [0.4, 0.5) is 0 Å². The molecule has 14 heavy (non-hydrogen) atoms. The van der Waals surface area contributed by atoms with Crippen molar-refractivity contribution in [2.45, 2.75) is 12.5 Å². The number of nitrogens with zero attached hydrogens (tertiary/aromatic N) is 1. The quantitative estimate of drug-likeness (QED) is 0.710. The number of aliphatic carboxylic acids is 1. The van der Waals surface area contributed by atoms with Gasteiger partial charge in [-0.25, -0.2) is 4.98 Å². The van der Waals surface area contributed by atoms with E-state index in [2.05, 4.69) is 4.98 Å². The summed E-state index contributed by atoms with van der Waals surface area (Å²) < 4.78 is 4.90. The van der Waals surface area contributed by atoms with Crippen LogP contribution < -0.4 is 10.5 Å². The number of hydrogen-bond acceptors (Lipinski definition) is 4. The molecule has 0 aromatic carbocycles. The van der Waals surface area contributed by atoms with E-state index in [9.17, 15) is 4.79 Å². The minimum Gasteiger partial charge on any atom is -0.481 e. The Morgan fingerprint density at radius 2 is 2.50 bits per heavy atom. The van der Waals surface area contributed by atoms with E-state index in [1.165, 1.54) is 7.11 Å². The van der Waals surface area contributed by atoms with Crippen LogP contribution in [0.3, 0.4) is 0 Å². The first kappa shape index (κ1) is 10.5. The zero-order valence-electron chi connectivity index (χ0n) is 7.80. The summed E-state index contributed by atoms with van der Waals surface area (Å²) in [5.41, 5.74) is 6.18. The molecular formula is C9H12N2O3. The number of nitrogens with two attached hydrogens (primary N) is 1. The minimum atomic E-state index is -1.01. The molecule has 1 aromatic rings. The number of aromatic nitrogens is 1. The van der Waals surface area contributed by atoms with E-state index in [1.54, 1.807) is 18.3 Å². The molecule has 1 rings (SSSR count). The van der Waals surface area contributed by atoms with Gasteiger partial charge in [0.05, 0.1) is 7.11 Å². The maximum atomic E-state index is 10.5. The van der Waals surface area contributed by atoms with Crippen LogP contribution in [-0.2, 0) is 11.2 Å². The van der Waals surface area contributed by atoms with Crippen LogP contribution in [0.5, 0.6) is 5.88 Å². The Hall–Kier alpha value is -1.62. The fraction of sp³-hybridized carbons (Fsp3) is 0.333. The monoisotopic (exact) mass is 196 g/mol. The Balaban J connectivity index is 2.71. The van der Waals surface area contributed by atoms with Crippen molar-refractivity contribution < 1.29 is 14.6 Å². The van der Waals surface area contributed by atoms with E-state index in [0.717, 1.165) is 5.56 Å². The molecular weight excluding hydrogens is 184 g/mol. The van der Waals surface area contributed by atoms with Gasteiger partial charge in [0, 0.05) is 12.3 Å². The van der Waals surface area contributed by atoms with E-state index in [1.807, 2.05) is 0 Å². The van der Waals surface area contributed by atoms with Crippen molar-refractivity contribution >= 4 is 5.97 Å². The summed E-state index contributed by atoms with van der Waals surface area (Å²) in [6, 6.07) is 2.50. The molecule has 0 bridgehead atoms. The van der Waals surface area contributed by atoms with Crippen molar-refractivity contribution in [2.75, 3.05) is 7.11 Å². The van der Waals surface area contributed by atoms with Gasteiger partial charge in [-0.3, -0.25) is 4.79 Å². The lowest BCUT2D eigenvalue weighted by Crippen LogP contribution is -2.32. The summed E-state index contributed by atoms with van der Waals surface area (Å²) in [6.45, 7) is 0. The second-order valence-electron chi connectivity index (χ2n) is 2.86. The lowest BCUT2D eigenvalue weighted by atomic mass is 10.1. The molecule has 0 spiro atoms. The fourth-order valence-electron chi connectivity index (χ4n) is 1.03. The molecule has 76 valence electrons. The zero-order valence-corrected chi connectivity index (χ0v) is 7.80. The third kappa shape index (κ3) is 2.70. The van der Waals surface area contributed by atoms with Crippen LogP contribution in [0.25, 0.3) is 0 Å². The lowest BCUT2D eigenvalue weighted by Gasteiger charge is -2.06. The van der Waals surface area contributed by atoms with E-state index >= 15 is 0 Å². The standard InChI is InChI=1S/C9H12N2O3/c1-14-8-5-6(2-3-11-8)4-7(10)9(12)13/h2-3,5,7H,4,10H2,1H3,(H,12,13). The summed E-state index contributed by atoms with van der Waals surface area (Å²) in [7, 11) is 1.50. The smallest absolute Gasteiger partial charge is 0.320 e. The number of pyridine rings is 1. The van der Waals surface area contributed by atoms with Gasteiger partial charge in [-0.05, 0) is 18.1 Å². The maximum absolute atomic E-state index is 10.5. The number of rotatable bonds is 4. The highest BCUT2D eigenvalue weighted by atomic mass is 16.5. The fourth-order valence-corrected chi connectivity index (χ4v) is 1.03. The van der Waals surface area contributed by atoms with Gasteiger partial charge in [0.1, 0.15) is 6.04 Å². The molecule has 3 N–H and O–H groups in total. The number of carboxylic acid groups (broad SMARTS) is 1. The Bertz CT molecular complexity index is 328. The molecule has 1 aromatic heterocycles. The van der Waals surface area contributed by atoms with Crippen LogP contribution in [0.1, 0.15) is 5.56 Å². The Kier molecular flexibility index (Phi) is 3.41. The van der Waals surface area contributed by atoms with Gasteiger partial charge >= 0.3 is 5.97 Å². The summed E-state index contributed by atoms with van der Waals surface area (Å²) in [5.74, 6) is -0.555. The molecule has 0 aliphatic rings. The Labute approximate surface area is 81.5 Å². The molecule has 0 saturated carbocycles. The third-order valence-electron chi connectivity index (χ3n) is 1.78. The molecule has 0 amide bonds. The van der Waals surface area contributed by atoms with Crippen molar-refractivity contribution in [3.05, 3.63) is 23.9 Å². The maximum Gasteiger partial charge on any atom is 0.320 e. The predicted octanol–water partition coefficient (Wildman–Crippen LogP) is 0.0446. The first-order valence-electron chi connectivity index (χ1n) is 4.11. The molecule has 0 saturated heterocycles. The summed E-state index contributed by atoms with van der Waals surface area (Å²) in [5, 5.41) is 8.60. The normalized spacial score (nSPS) is 12.1. The Morgan fingerprint density at radius 1 is 1.79 bits per heavy atom. The van der Waals surface area contributed by atoms with Crippen LogP contribution in [0.15, 0.2) is 18.3 Å². The molecule has 5 heteroatoms. The van der Waals surface area contributed by atoms with E-state index < -0.39 is 12.0 Å². The van der Waals surface area contributed by atoms with Gasteiger partial charge in [0.25, 0.3) is 0 Å². The zero-order chi connectivity index (χ0) is 10.6. The van der Waals surface area contributed by atoms with Crippen LogP contribution >= 0.6 is 0 Å². The lowest BCUT2D eigenvalue weighted by molar-refractivity contribution is -0.138. The second-order valence-corrected chi connectivity index (χ2v) is 2.86. The van der Waals surface area contributed by atoms with Gasteiger partial charge in [-0.1, -0.05) is 0 Å². The number of hydrogen-bond donors (Lipinski definition) is 2. The van der Waals surface area contributed by atoms with Crippen molar-refractivity contribution in [1.82, 2.24) is 4.98 Å².